The number of nitriles is 1. The summed E-state index contributed by atoms with van der Waals surface area (Å²) in [5.41, 5.74) is 1.26. The van der Waals surface area contributed by atoms with Crippen molar-refractivity contribution in [2.75, 3.05) is 0 Å². The van der Waals surface area contributed by atoms with Crippen LogP contribution in [0.1, 0.15) is 5.56 Å². The lowest BCUT2D eigenvalue weighted by molar-refractivity contribution is 0.631. The Labute approximate surface area is 149 Å². The van der Waals surface area contributed by atoms with Crippen LogP contribution in [-0.4, -0.2) is 4.98 Å². The lowest BCUT2D eigenvalue weighted by Crippen LogP contribution is -2.13. The number of halogens is 1. The van der Waals surface area contributed by atoms with Crippen LogP contribution in [0.3, 0.4) is 0 Å². The molecule has 0 unspecified atom stereocenters. The van der Waals surface area contributed by atoms with E-state index in [9.17, 15) is 14.4 Å². The van der Waals surface area contributed by atoms with Gasteiger partial charge in [-0.15, -0.1) is 0 Å². The largest absolute Gasteiger partial charge is 0.321 e. The van der Waals surface area contributed by atoms with E-state index in [0.29, 0.717) is 5.69 Å². The van der Waals surface area contributed by atoms with Crippen molar-refractivity contribution in [3.8, 4) is 28.5 Å². The lowest BCUT2D eigenvalue weighted by atomic mass is 9.96. The zero-order valence-electron chi connectivity index (χ0n) is 13.7. The highest BCUT2D eigenvalue weighted by Crippen LogP contribution is 2.31. The van der Waals surface area contributed by atoms with Gasteiger partial charge in [-0.05, 0) is 22.9 Å². The average molecular weight is 340 g/mol. The maximum Gasteiger partial charge on any atom is 0.266 e. The Kier molecular flexibility index (Phi) is 3.83. The van der Waals surface area contributed by atoms with Crippen molar-refractivity contribution in [1.29, 1.82) is 5.26 Å². The fourth-order valence-electron chi connectivity index (χ4n) is 3.17. The predicted octanol–water partition coefficient (Wildman–Crippen LogP) is 4.87. The fourth-order valence-corrected chi connectivity index (χ4v) is 3.17. The summed E-state index contributed by atoms with van der Waals surface area (Å²) >= 11 is 0. The number of pyridine rings is 1. The van der Waals surface area contributed by atoms with Gasteiger partial charge in [0, 0.05) is 22.4 Å². The topological polar surface area (TPSA) is 56.6 Å². The summed E-state index contributed by atoms with van der Waals surface area (Å²) in [7, 11) is 0. The molecule has 1 aromatic heterocycles. The van der Waals surface area contributed by atoms with Crippen molar-refractivity contribution < 1.29 is 4.39 Å². The maximum absolute atomic E-state index is 14.3. The molecule has 4 heteroatoms. The van der Waals surface area contributed by atoms with Gasteiger partial charge in [0.1, 0.15) is 17.4 Å². The Bertz CT molecular complexity index is 1230. The monoisotopic (exact) mass is 340 g/mol. The Balaban J connectivity index is 2.05. The second kappa shape index (κ2) is 6.30. The number of hydrogen-bond donors (Lipinski definition) is 1. The molecule has 0 saturated carbocycles. The van der Waals surface area contributed by atoms with Crippen LogP contribution in [0, 0.1) is 17.1 Å². The minimum absolute atomic E-state index is 0.0981. The van der Waals surface area contributed by atoms with Crippen LogP contribution >= 0.6 is 0 Å². The van der Waals surface area contributed by atoms with Crippen LogP contribution in [0.15, 0.2) is 77.6 Å². The third kappa shape index (κ3) is 2.56. The predicted molar refractivity (Wildman–Crippen MR) is 100 cm³/mol. The van der Waals surface area contributed by atoms with E-state index in [2.05, 4.69) is 4.98 Å². The smallest absolute Gasteiger partial charge is 0.266 e. The molecule has 0 spiro atoms. The van der Waals surface area contributed by atoms with Crippen LogP contribution in [0.2, 0.25) is 0 Å². The highest BCUT2D eigenvalue weighted by Gasteiger charge is 2.16. The minimum atomic E-state index is -0.531. The van der Waals surface area contributed by atoms with Crippen molar-refractivity contribution in [2.24, 2.45) is 0 Å². The summed E-state index contributed by atoms with van der Waals surface area (Å²) in [6.45, 7) is 0. The molecule has 1 N–H and O–H groups in total. The van der Waals surface area contributed by atoms with E-state index in [1.165, 1.54) is 6.07 Å². The van der Waals surface area contributed by atoms with Gasteiger partial charge in [-0.25, -0.2) is 4.39 Å². The summed E-state index contributed by atoms with van der Waals surface area (Å²) in [6.07, 6.45) is 0. The molecule has 124 valence electrons. The highest BCUT2D eigenvalue weighted by atomic mass is 19.1. The van der Waals surface area contributed by atoms with Gasteiger partial charge in [-0.1, -0.05) is 60.7 Å². The zero-order chi connectivity index (χ0) is 18.1. The van der Waals surface area contributed by atoms with Gasteiger partial charge in [0.05, 0.1) is 0 Å². The summed E-state index contributed by atoms with van der Waals surface area (Å²) in [4.78, 5) is 15.2. The number of rotatable bonds is 2. The van der Waals surface area contributed by atoms with Gasteiger partial charge < -0.3 is 4.98 Å². The number of aromatic amines is 1. The zero-order valence-corrected chi connectivity index (χ0v) is 13.7. The third-order valence-electron chi connectivity index (χ3n) is 4.39. The summed E-state index contributed by atoms with van der Waals surface area (Å²) in [6, 6.07) is 23.3. The first-order chi connectivity index (χ1) is 12.7. The second-order valence-corrected chi connectivity index (χ2v) is 5.92. The lowest BCUT2D eigenvalue weighted by Gasteiger charge is -2.11. The first-order valence-corrected chi connectivity index (χ1v) is 8.09. The first kappa shape index (κ1) is 15.8. The molecule has 0 aliphatic rings. The van der Waals surface area contributed by atoms with Gasteiger partial charge in [-0.3, -0.25) is 4.79 Å². The van der Waals surface area contributed by atoms with E-state index in [1.54, 1.807) is 24.3 Å². The number of H-pyrrole nitrogens is 1. The number of hydrogen-bond acceptors (Lipinski definition) is 2. The van der Waals surface area contributed by atoms with Crippen molar-refractivity contribution >= 4 is 10.8 Å². The maximum atomic E-state index is 14.3. The second-order valence-electron chi connectivity index (χ2n) is 5.92. The van der Waals surface area contributed by atoms with E-state index in [0.717, 1.165) is 16.3 Å². The molecule has 0 aliphatic heterocycles. The molecule has 0 amide bonds. The van der Waals surface area contributed by atoms with Crippen molar-refractivity contribution in [2.45, 2.75) is 0 Å². The summed E-state index contributed by atoms with van der Waals surface area (Å²) < 4.78 is 14.3. The molecule has 0 atom stereocenters. The molecular formula is C22H13FN2O. The SMILES string of the molecule is N#Cc1c(-c2ccccc2F)cc(-c2cccc3ccccc23)[nH]c1=O. The van der Waals surface area contributed by atoms with Crippen LogP contribution in [0.25, 0.3) is 33.2 Å². The first-order valence-electron chi connectivity index (χ1n) is 8.09. The van der Waals surface area contributed by atoms with E-state index < -0.39 is 11.4 Å². The molecule has 0 saturated heterocycles. The number of nitrogens with one attached hydrogen (secondary N) is 1. The van der Waals surface area contributed by atoms with Crippen LogP contribution in [-0.2, 0) is 0 Å². The quantitative estimate of drug-likeness (QED) is 0.566. The van der Waals surface area contributed by atoms with Crippen molar-refractivity contribution in [1.82, 2.24) is 4.98 Å². The van der Waals surface area contributed by atoms with E-state index in [4.69, 9.17) is 0 Å². The van der Waals surface area contributed by atoms with Crippen LogP contribution in [0.5, 0.6) is 0 Å². The average Bonchev–Trinajstić information content (AvgIpc) is 2.67. The normalized spacial score (nSPS) is 10.6. The molecular weight excluding hydrogens is 327 g/mol. The highest BCUT2D eigenvalue weighted by molar-refractivity contribution is 5.96. The number of nitrogens with zero attached hydrogens (tertiary/aromatic N) is 1. The fraction of sp³-hybridized carbons (Fsp3) is 0. The molecule has 3 nitrogen and oxygen atoms in total. The van der Waals surface area contributed by atoms with Crippen LogP contribution in [0.4, 0.5) is 4.39 Å². The van der Waals surface area contributed by atoms with Crippen LogP contribution < -0.4 is 5.56 Å². The molecule has 0 fully saturated rings. The molecule has 1 heterocycles. The van der Waals surface area contributed by atoms with Gasteiger partial charge in [0.15, 0.2) is 0 Å². The van der Waals surface area contributed by atoms with Crippen molar-refractivity contribution in [3.05, 3.63) is 94.5 Å². The molecule has 0 radical (unpaired) electrons. The minimum Gasteiger partial charge on any atom is -0.321 e. The number of fused-ring (bicyclic) bond motifs is 1. The Hall–Kier alpha value is -3.71. The Morgan fingerprint density at radius 1 is 0.846 bits per heavy atom. The third-order valence-corrected chi connectivity index (χ3v) is 4.39. The number of aromatic nitrogens is 1. The van der Waals surface area contributed by atoms with E-state index in [1.807, 2.05) is 48.5 Å². The molecule has 26 heavy (non-hydrogen) atoms. The van der Waals surface area contributed by atoms with Crippen molar-refractivity contribution in [3.63, 3.8) is 0 Å². The summed E-state index contributed by atoms with van der Waals surface area (Å²) in [5, 5.41) is 11.4. The van der Waals surface area contributed by atoms with Gasteiger partial charge in [-0.2, -0.15) is 5.26 Å². The molecule has 3 aromatic carbocycles. The van der Waals surface area contributed by atoms with E-state index >= 15 is 0 Å². The standard InChI is InChI=1S/C22H13FN2O/c23-20-11-4-3-9-16(20)18-12-21(25-22(26)19(18)13-24)17-10-5-7-14-6-1-2-8-15(14)17/h1-12H,(H,25,26). The van der Waals surface area contributed by atoms with E-state index in [-0.39, 0.29) is 16.7 Å². The summed E-state index contributed by atoms with van der Waals surface area (Å²) in [5.74, 6) is -0.474. The van der Waals surface area contributed by atoms with Gasteiger partial charge in [0.25, 0.3) is 5.56 Å². The molecule has 0 bridgehead atoms. The molecule has 4 rings (SSSR count). The molecule has 0 aliphatic carbocycles. The Morgan fingerprint density at radius 2 is 1.54 bits per heavy atom. The Morgan fingerprint density at radius 3 is 2.35 bits per heavy atom. The van der Waals surface area contributed by atoms with Gasteiger partial charge >= 0.3 is 0 Å². The molecule has 4 aromatic rings. The van der Waals surface area contributed by atoms with Gasteiger partial charge in [0.2, 0.25) is 0 Å². The number of benzene rings is 3.